The Kier molecular flexibility index (Phi) is 5.95. The number of hydrogen-bond acceptors (Lipinski definition) is 6. The lowest BCUT2D eigenvalue weighted by molar-refractivity contribution is -0.125. The number of anilines is 1. The number of fused-ring (bicyclic) bond motifs is 1. The monoisotopic (exact) mass is 454 g/mol. The van der Waals surface area contributed by atoms with Gasteiger partial charge in [0, 0.05) is 18.7 Å². The van der Waals surface area contributed by atoms with Crippen LogP contribution in [0, 0.1) is 0 Å². The van der Waals surface area contributed by atoms with E-state index in [0.29, 0.717) is 24.6 Å². The molecule has 1 aliphatic heterocycles. The molecule has 172 valence electrons. The predicted octanol–water partition coefficient (Wildman–Crippen LogP) is 4.61. The molecule has 0 radical (unpaired) electrons. The lowest BCUT2D eigenvalue weighted by atomic mass is 10.1. The van der Waals surface area contributed by atoms with E-state index in [-0.39, 0.29) is 11.9 Å². The maximum atomic E-state index is 12.4. The first-order chi connectivity index (χ1) is 16.6. The Balaban J connectivity index is 1.45. The molecule has 1 saturated heterocycles. The molecule has 1 unspecified atom stereocenters. The first-order valence-corrected chi connectivity index (χ1v) is 11.4. The van der Waals surface area contributed by atoms with Crippen molar-refractivity contribution in [2.45, 2.75) is 25.8 Å². The first-order valence-electron chi connectivity index (χ1n) is 11.4. The molecule has 8 heteroatoms. The number of carbonyl (C=O) groups excluding carboxylic acids is 1. The molecule has 1 aliphatic rings. The highest BCUT2D eigenvalue weighted by atomic mass is 16.5. The molecule has 34 heavy (non-hydrogen) atoms. The zero-order chi connectivity index (χ0) is 23.5. The first kappa shape index (κ1) is 21.6. The van der Waals surface area contributed by atoms with Crippen LogP contribution in [0.15, 0.2) is 73.1 Å². The summed E-state index contributed by atoms with van der Waals surface area (Å²) < 4.78 is 7.81. The standard InChI is InChI=1S/C26H26N6O2/c1-2-3-9-22(33)31-15-14-19(16-31)32-26-23(25(27)28-17-29-26)24(30-32)18-10-12-21(13-11-18)34-20-7-5-4-6-8-20/h3-13,17,19H,2,14-16H2,1H3,(H2,27,28,29)/b9-3+. The molecule has 1 amide bonds. The van der Waals surface area contributed by atoms with Crippen LogP contribution in [0.1, 0.15) is 25.8 Å². The number of nitrogens with zero attached hydrogens (tertiary/aromatic N) is 5. The van der Waals surface area contributed by atoms with Crippen molar-refractivity contribution in [1.82, 2.24) is 24.6 Å². The Bertz CT molecular complexity index is 1330. The second kappa shape index (κ2) is 9.35. The van der Waals surface area contributed by atoms with E-state index in [1.165, 1.54) is 6.33 Å². The van der Waals surface area contributed by atoms with Gasteiger partial charge in [-0.3, -0.25) is 4.79 Å². The number of benzene rings is 2. The molecule has 2 N–H and O–H groups in total. The minimum absolute atomic E-state index is 0.0187. The maximum Gasteiger partial charge on any atom is 0.246 e. The molecule has 0 spiro atoms. The summed E-state index contributed by atoms with van der Waals surface area (Å²) in [6.45, 7) is 3.27. The van der Waals surface area contributed by atoms with Crippen molar-refractivity contribution in [2.75, 3.05) is 18.8 Å². The highest BCUT2D eigenvalue weighted by Gasteiger charge is 2.30. The quantitative estimate of drug-likeness (QED) is 0.427. The number of para-hydroxylation sites is 1. The van der Waals surface area contributed by atoms with Gasteiger partial charge in [0.05, 0.1) is 11.4 Å². The summed E-state index contributed by atoms with van der Waals surface area (Å²) in [5.74, 6) is 1.92. The van der Waals surface area contributed by atoms with Crippen LogP contribution in [0.3, 0.4) is 0 Å². The largest absolute Gasteiger partial charge is 0.457 e. The number of nitrogen functional groups attached to an aromatic ring is 1. The van der Waals surface area contributed by atoms with Gasteiger partial charge >= 0.3 is 0 Å². The zero-order valence-corrected chi connectivity index (χ0v) is 19.0. The van der Waals surface area contributed by atoms with E-state index in [1.54, 1.807) is 6.08 Å². The lowest BCUT2D eigenvalue weighted by Crippen LogP contribution is -2.27. The highest BCUT2D eigenvalue weighted by Crippen LogP contribution is 2.35. The molecule has 1 fully saturated rings. The van der Waals surface area contributed by atoms with Crippen molar-refractivity contribution < 1.29 is 9.53 Å². The Morgan fingerprint density at radius 1 is 1.12 bits per heavy atom. The van der Waals surface area contributed by atoms with Crippen molar-refractivity contribution in [2.24, 2.45) is 0 Å². The second-order valence-electron chi connectivity index (χ2n) is 8.23. The van der Waals surface area contributed by atoms with Crippen molar-refractivity contribution in [3.63, 3.8) is 0 Å². The van der Waals surface area contributed by atoms with Gasteiger partial charge < -0.3 is 15.4 Å². The number of allylic oxidation sites excluding steroid dienone is 1. The minimum atomic E-state index is 0.0187. The van der Waals surface area contributed by atoms with E-state index in [9.17, 15) is 4.79 Å². The summed E-state index contributed by atoms with van der Waals surface area (Å²) in [4.78, 5) is 23.0. The second-order valence-corrected chi connectivity index (χ2v) is 8.23. The zero-order valence-electron chi connectivity index (χ0n) is 19.0. The molecule has 1 atom stereocenters. The third-order valence-corrected chi connectivity index (χ3v) is 5.94. The fourth-order valence-electron chi connectivity index (χ4n) is 4.22. The van der Waals surface area contributed by atoms with Crippen LogP contribution in [-0.2, 0) is 4.79 Å². The SMILES string of the molecule is CC/C=C/C(=O)N1CCC(n2nc(-c3ccc(Oc4ccccc4)cc3)c3c(N)ncnc32)C1. The Morgan fingerprint density at radius 3 is 2.65 bits per heavy atom. The summed E-state index contributed by atoms with van der Waals surface area (Å²) in [5.41, 5.74) is 8.55. The van der Waals surface area contributed by atoms with Crippen molar-refractivity contribution >= 4 is 22.8 Å². The predicted molar refractivity (Wildman–Crippen MR) is 131 cm³/mol. The molecular weight excluding hydrogens is 428 g/mol. The summed E-state index contributed by atoms with van der Waals surface area (Å²) in [5, 5.41) is 5.63. The van der Waals surface area contributed by atoms with Crippen molar-refractivity contribution in [3.05, 3.63) is 73.1 Å². The van der Waals surface area contributed by atoms with Gasteiger partial charge in [0.25, 0.3) is 0 Å². The minimum Gasteiger partial charge on any atom is -0.457 e. The van der Waals surface area contributed by atoms with Gasteiger partial charge in [-0.2, -0.15) is 5.10 Å². The summed E-state index contributed by atoms with van der Waals surface area (Å²) in [6.07, 6.45) is 6.62. The van der Waals surface area contributed by atoms with E-state index in [2.05, 4.69) is 9.97 Å². The number of ether oxygens (including phenoxy) is 1. The van der Waals surface area contributed by atoms with Gasteiger partial charge in [-0.05, 0) is 55.3 Å². The number of hydrogen-bond donors (Lipinski definition) is 1. The molecule has 4 aromatic rings. The molecule has 0 aliphatic carbocycles. The number of nitrogens with two attached hydrogens (primary N) is 1. The van der Waals surface area contributed by atoms with Gasteiger partial charge in [-0.1, -0.05) is 31.2 Å². The summed E-state index contributed by atoms with van der Waals surface area (Å²) in [7, 11) is 0. The molecule has 3 heterocycles. The maximum absolute atomic E-state index is 12.4. The third-order valence-electron chi connectivity index (χ3n) is 5.94. The van der Waals surface area contributed by atoms with Crippen LogP contribution in [0.5, 0.6) is 11.5 Å². The van der Waals surface area contributed by atoms with Gasteiger partial charge in [0.15, 0.2) is 5.65 Å². The molecule has 2 aromatic heterocycles. The van der Waals surface area contributed by atoms with E-state index in [1.807, 2.05) is 77.2 Å². The summed E-state index contributed by atoms with van der Waals surface area (Å²) in [6, 6.07) is 17.4. The topological polar surface area (TPSA) is 99.2 Å². The van der Waals surface area contributed by atoms with E-state index >= 15 is 0 Å². The number of rotatable bonds is 6. The van der Waals surface area contributed by atoms with Crippen LogP contribution in [0.4, 0.5) is 5.82 Å². The normalized spacial score (nSPS) is 15.9. The Hall–Kier alpha value is -4.20. The third kappa shape index (κ3) is 4.22. The van der Waals surface area contributed by atoms with Crippen LogP contribution in [0.2, 0.25) is 0 Å². The fourth-order valence-corrected chi connectivity index (χ4v) is 4.22. The smallest absolute Gasteiger partial charge is 0.246 e. The Morgan fingerprint density at radius 2 is 1.88 bits per heavy atom. The van der Waals surface area contributed by atoms with Gasteiger partial charge in [-0.15, -0.1) is 0 Å². The highest BCUT2D eigenvalue weighted by molar-refractivity contribution is 5.98. The van der Waals surface area contributed by atoms with E-state index in [4.69, 9.17) is 15.6 Å². The number of likely N-dealkylation sites (tertiary alicyclic amines) is 1. The van der Waals surface area contributed by atoms with Crippen LogP contribution in [0.25, 0.3) is 22.3 Å². The molecule has 0 saturated carbocycles. The molecule has 0 bridgehead atoms. The van der Waals surface area contributed by atoms with Crippen LogP contribution in [-0.4, -0.2) is 43.6 Å². The lowest BCUT2D eigenvalue weighted by Gasteiger charge is -2.15. The van der Waals surface area contributed by atoms with E-state index < -0.39 is 0 Å². The number of amides is 1. The Labute approximate surface area is 197 Å². The fraction of sp³-hybridized carbons (Fsp3) is 0.231. The van der Waals surface area contributed by atoms with Gasteiger partial charge in [-0.25, -0.2) is 14.6 Å². The number of carbonyl (C=O) groups is 1. The van der Waals surface area contributed by atoms with Gasteiger partial charge in [0.1, 0.15) is 29.3 Å². The average molecular weight is 455 g/mol. The number of aromatic nitrogens is 4. The van der Waals surface area contributed by atoms with Crippen molar-refractivity contribution in [3.8, 4) is 22.8 Å². The average Bonchev–Trinajstić information content (AvgIpc) is 3.50. The van der Waals surface area contributed by atoms with Crippen molar-refractivity contribution in [1.29, 1.82) is 0 Å². The van der Waals surface area contributed by atoms with E-state index in [0.717, 1.165) is 41.0 Å². The van der Waals surface area contributed by atoms with Crippen LogP contribution < -0.4 is 10.5 Å². The van der Waals surface area contributed by atoms with Crippen LogP contribution >= 0.6 is 0 Å². The summed E-state index contributed by atoms with van der Waals surface area (Å²) >= 11 is 0. The molecule has 5 rings (SSSR count). The molecule has 8 nitrogen and oxygen atoms in total. The molecular formula is C26H26N6O2. The molecule has 2 aromatic carbocycles. The van der Waals surface area contributed by atoms with Gasteiger partial charge in [0.2, 0.25) is 5.91 Å².